The van der Waals surface area contributed by atoms with Gasteiger partial charge >= 0.3 is 0 Å². The highest BCUT2D eigenvalue weighted by Crippen LogP contribution is 2.38. The van der Waals surface area contributed by atoms with E-state index in [1.165, 1.54) is 12.1 Å². The minimum absolute atomic E-state index is 0.0553. The standard InChI is InChI=1S/C15H22FNO3S/c1-12-9-13(16)5-6-14(12)20-10-15(11-21(17,18)19)7-3-2-4-8-15/h5-6,9H,2-4,7-8,10-11H2,1H3,(H2,17,18,19). The van der Waals surface area contributed by atoms with Crippen LogP contribution in [0.15, 0.2) is 18.2 Å². The van der Waals surface area contributed by atoms with Crippen LogP contribution in [0.5, 0.6) is 5.75 Å². The first-order valence-electron chi connectivity index (χ1n) is 7.19. The Balaban J connectivity index is 2.12. The Labute approximate surface area is 125 Å². The third-order valence-electron chi connectivity index (χ3n) is 4.09. The van der Waals surface area contributed by atoms with Crippen molar-refractivity contribution in [1.82, 2.24) is 0 Å². The van der Waals surface area contributed by atoms with Crippen LogP contribution in [0, 0.1) is 18.2 Å². The molecule has 0 bridgehead atoms. The molecule has 2 rings (SSSR count). The van der Waals surface area contributed by atoms with E-state index >= 15 is 0 Å². The molecule has 118 valence electrons. The Morgan fingerprint density at radius 1 is 1.29 bits per heavy atom. The maximum Gasteiger partial charge on any atom is 0.209 e. The third kappa shape index (κ3) is 4.68. The number of benzene rings is 1. The first kappa shape index (κ1) is 16.2. The van der Waals surface area contributed by atoms with Crippen LogP contribution < -0.4 is 9.88 Å². The third-order valence-corrected chi connectivity index (χ3v) is 5.11. The second-order valence-corrected chi connectivity index (χ2v) is 7.68. The summed E-state index contributed by atoms with van der Waals surface area (Å²) in [5.41, 5.74) is 0.281. The molecule has 0 aromatic heterocycles. The summed E-state index contributed by atoms with van der Waals surface area (Å²) in [5.74, 6) is 0.229. The first-order chi connectivity index (χ1) is 9.80. The SMILES string of the molecule is Cc1cc(F)ccc1OCC1(CS(N)(=O)=O)CCCCC1. The minimum Gasteiger partial charge on any atom is -0.493 e. The molecule has 21 heavy (non-hydrogen) atoms. The van der Waals surface area contributed by atoms with Gasteiger partial charge in [0.25, 0.3) is 0 Å². The lowest BCUT2D eigenvalue weighted by molar-refractivity contribution is 0.118. The molecule has 1 aliphatic carbocycles. The fraction of sp³-hybridized carbons (Fsp3) is 0.600. The Kier molecular flexibility index (Phi) is 4.88. The van der Waals surface area contributed by atoms with Crippen LogP contribution in [0.25, 0.3) is 0 Å². The number of hydrogen-bond donors (Lipinski definition) is 1. The average molecular weight is 315 g/mol. The smallest absolute Gasteiger partial charge is 0.209 e. The molecule has 0 spiro atoms. The molecule has 4 nitrogen and oxygen atoms in total. The normalized spacial score (nSPS) is 18.4. The van der Waals surface area contributed by atoms with Gasteiger partial charge in [0, 0.05) is 5.41 Å². The van der Waals surface area contributed by atoms with Crippen LogP contribution >= 0.6 is 0 Å². The molecule has 1 aromatic rings. The van der Waals surface area contributed by atoms with Gasteiger partial charge in [0.1, 0.15) is 11.6 Å². The van der Waals surface area contributed by atoms with Crippen LogP contribution in [0.1, 0.15) is 37.7 Å². The summed E-state index contributed by atoms with van der Waals surface area (Å²) in [6.45, 7) is 2.07. The van der Waals surface area contributed by atoms with Crippen molar-refractivity contribution >= 4 is 10.0 Å². The molecule has 0 saturated heterocycles. The van der Waals surface area contributed by atoms with E-state index in [1.807, 2.05) is 0 Å². The molecular weight excluding hydrogens is 293 g/mol. The van der Waals surface area contributed by atoms with Gasteiger partial charge in [-0.25, -0.2) is 17.9 Å². The number of aryl methyl sites for hydroxylation is 1. The molecule has 0 radical (unpaired) electrons. The predicted octanol–water partition coefficient (Wildman–Crippen LogP) is 2.75. The zero-order valence-corrected chi connectivity index (χ0v) is 13.1. The van der Waals surface area contributed by atoms with Gasteiger partial charge in [-0.05, 0) is 43.5 Å². The lowest BCUT2D eigenvalue weighted by Crippen LogP contribution is -2.40. The maximum atomic E-state index is 13.1. The highest BCUT2D eigenvalue weighted by atomic mass is 32.2. The Morgan fingerprint density at radius 3 is 2.52 bits per heavy atom. The average Bonchev–Trinajstić information content (AvgIpc) is 2.37. The molecule has 0 unspecified atom stereocenters. The van der Waals surface area contributed by atoms with Gasteiger partial charge in [-0.1, -0.05) is 19.3 Å². The van der Waals surface area contributed by atoms with Crippen LogP contribution in [-0.2, 0) is 10.0 Å². The number of halogens is 1. The van der Waals surface area contributed by atoms with E-state index < -0.39 is 15.4 Å². The Morgan fingerprint density at radius 2 is 1.95 bits per heavy atom. The van der Waals surface area contributed by atoms with Gasteiger partial charge in [-0.2, -0.15) is 0 Å². The van der Waals surface area contributed by atoms with E-state index in [1.54, 1.807) is 13.0 Å². The quantitative estimate of drug-likeness (QED) is 0.908. The summed E-state index contributed by atoms with van der Waals surface area (Å²) in [7, 11) is -3.54. The fourth-order valence-corrected chi connectivity index (χ4v) is 4.29. The lowest BCUT2D eigenvalue weighted by Gasteiger charge is -2.36. The van der Waals surface area contributed by atoms with Gasteiger partial charge in [0.15, 0.2) is 0 Å². The minimum atomic E-state index is -3.54. The van der Waals surface area contributed by atoms with Gasteiger partial charge in [-0.15, -0.1) is 0 Å². The van der Waals surface area contributed by atoms with Crippen LogP contribution in [-0.4, -0.2) is 20.8 Å². The number of primary sulfonamides is 1. The maximum absolute atomic E-state index is 13.1. The molecular formula is C15H22FNO3S. The highest BCUT2D eigenvalue weighted by Gasteiger charge is 2.36. The highest BCUT2D eigenvalue weighted by molar-refractivity contribution is 7.89. The van der Waals surface area contributed by atoms with Crippen molar-refractivity contribution in [2.75, 3.05) is 12.4 Å². The Hall–Kier alpha value is -1.14. The van der Waals surface area contributed by atoms with Crippen molar-refractivity contribution < 1.29 is 17.5 Å². The first-order valence-corrected chi connectivity index (χ1v) is 8.91. The van der Waals surface area contributed by atoms with Crippen LogP contribution in [0.4, 0.5) is 4.39 Å². The van der Waals surface area contributed by atoms with Crippen molar-refractivity contribution in [1.29, 1.82) is 0 Å². The zero-order chi connectivity index (χ0) is 15.5. The van der Waals surface area contributed by atoms with E-state index in [2.05, 4.69) is 0 Å². The zero-order valence-electron chi connectivity index (χ0n) is 12.3. The summed E-state index contributed by atoms with van der Waals surface area (Å²) in [6.07, 6.45) is 4.68. The molecule has 1 fully saturated rings. The van der Waals surface area contributed by atoms with Crippen molar-refractivity contribution in [2.24, 2.45) is 10.6 Å². The fourth-order valence-electron chi connectivity index (χ4n) is 3.06. The topological polar surface area (TPSA) is 69.4 Å². The molecule has 1 saturated carbocycles. The van der Waals surface area contributed by atoms with Crippen LogP contribution in [0.3, 0.4) is 0 Å². The molecule has 2 N–H and O–H groups in total. The van der Waals surface area contributed by atoms with Crippen molar-refractivity contribution in [2.45, 2.75) is 39.0 Å². The van der Waals surface area contributed by atoms with Crippen molar-refractivity contribution in [3.8, 4) is 5.75 Å². The molecule has 0 aliphatic heterocycles. The molecule has 0 amide bonds. The van der Waals surface area contributed by atoms with E-state index in [4.69, 9.17) is 9.88 Å². The number of rotatable bonds is 5. The summed E-state index contributed by atoms with van der Waals surface area (Å²) in [6, 6.07) is 4.33. The number of sulfonamides is 1. The summed E-state index contributed by atoms with van der Waals surface area (Å²) in [4.78, 5) is 0. The van der Waals surface area contributed by atoms with Crippen molar-refractivity contribution in [3.63, 3.8) is 0 Å². The Bertz CT molecular complexity index is 595. The lowest BCUT2D eigenvalue weighted by atomic mass is 9.76. The van der Waals surface area contributed by atoms with Gasteiger partial charge in [-0.3, -0.25) is 0 Å². The monoisotopic (exact) mass is 315 g/mol. The van der Waals surface area contributed by atoms with E-state index in [9.17, 15) is 12.8 Å². The molecule has 0 heterocycles. The molecule has 1 aliphatic rings. The number of ether oxygens (including phenoxy) is 1. The largest absolute Gasteiger partial charge is 0.493 e. The van der Waals surface area contributed by atoms with Crippen molar-refractivity contribution in [3.05, 3.63) is 29.6 Å². The van der Waals surface area contributed by atoms with Crippen LogP contribution in [0.2, 0.25) is 0 Å². The van der Waals surface area contributed by atoms with E-state index in [0.717, 1.165) is 32.1 Å². The van der Waals surface area contributed by atoms with Gasteiger partial charge in [0.2, 0.25) is 10.0 Å². The number of hydrogen-bond acceptors (Lipinski definition) is 3. The number of nitrogens with two attached hydrogens (primary N) is 1. The molecule has 6 heteroatoms. The summed E-state index contributed by atoms with van der Waals surface area (Å²) in [5, 5.41) is 5.24. The summed E-state index contributed by atoms with van der Waals surface area (Å²) >= 11 is 0. The second-order valence-electron chi connectivity index (χ2n) is 6.07. The van der Waals surface area contributed by atoms with E-state index in [0.29, 0.717) is 17.9 Å². The molecule has 1 aromatic carbocycles. The second kappa shape index (κ2) is 6.32. The van der Waals surface area contributed by atoms with E-state index in [-0.39, 0.29) is 11.6 Å². The molecule has 0 atom stereocenters. The van der Waals surface area contributed by atoms with Gasteiger partial charge < -0.3 is 4.74 Å². The van der Waals surface area contributed by atoms with Gasteiger partial charge in [0.05, 0.1) is 12.4 Å². The summed E-state index contributed by atoms with van der Waals surface area (Å²) < 4.78 is 41.9. The predicted molar refractivity (Wildman–Crippen MR) is 80.1 cm³/mol.